The summed E-state index contributed by atoms with van der Waals surface area (Å²) < 4.78 is 6.33. The summed E-state index contributed by atoms with van der Waals surface area (Å²) in [5.41, 5.74) is -0.324. The minimum atomic E-state index is -1.18. The van der Waals surface area contributed by atoms with E-state index in [1.807, 2.05) is 30.3 Å². The summed E-state index contributed by atoms with van der Waals surface area (Å²) in [6, 6.07) is 10.3. The van der Waals surface area contributed by atoms with E-state index in [0.717, 1.165) is 35.7 Å². The first-order chi connectivity index (χ1) is 12.3. The maximum atomic E-state index is 11.8. The molecule has 1 aromatic heterocycles. The van der Waals surface area contributed by atoms with Gasteiger partial charge < -0.3 is 14.1 Å². The van der Waals surface area contributed by atoms with Crippen LogP contribution in [-0.4, -0.2) is 39.9 Å². The maximum absolute atomic E-state index is 11.8. The van der Waals surface area contributed by atoms with Crippen molar-refractivity contribution in [3.8, 4) is 0 Å². The number of benzene rings is 1. The van der Waals surface area contributed by atoms with Gasteiger partial charge in [0.25, 0.3) is 5.89 Å². The van der Waals surface area contributed by atoms with Crippen molar-refractivity contribution in [3.05, 3.63) is 47.6 Å². The van der Waals surface area contributed by atoms with Crippen LogP contribution in [0.3, 0.4) is 0 Å². The molecule has 5 nitrogen and oxygen atoms in total. The van der Waals surface area contributed by atoms with Crippen LogP contribution in [0.4, 0.5) is 0 Å². The fourth-order valence-electron chi connectivity index (χ4n) is 3.77. The molecule has 142 valence electrons. The number of aliphatic hydroxyl groups is 1. The number of rotatable bonds is 6. The fraction of sp³-hybridized carbons (Fsp3) is 0.619. The number of hydrogen-bond acceptors (Lipinski definition) is 4. The van der Waals surface area contributed by atoms with Gasteiger partial charge in [0, 0.05) is 0 Å². The van der Waals surface area contributed by atoms with Crippen molar-refractivity contribution in [1.82, 2.24) is 10.1 Å². The third kappa shape index (κ3) is 3.69. The molecule has 0 saturated heterocycles. The lowest BCUT2D eigenvalue weighted by molar-refractivity contribution is -0.925. The Labute approximate surface area is 156 Å². The van der Waals surface area contributed by atoms with Gasteiger partial charge >= 0.3 is 0 Å². The van der Waals surface area contributed by atoms with Crippen LogP contribution < -0.4 is 0 Å². The van der Waals surface area contributed by atoms with Gasteiger partial charge in [0.2, 0.25) is 5.82 Å². The lowest BCUT2D eigenvalue weighted by Crippen LogP contribution is -2.45. The second kappa shape index (κ2) is 7.49. The van der Waals surface area contributed by atoms with Gasteiger partial charge in [-0.15, -0.1) is 0 Å². The highest BCUT2D eigenvalue weighted by Gasteiger charge is 2.44. The first-order valence-corrected chi connectivity index (χ1v) is 9.77. The molecule has 3 rings (SSSR count). The zero-order valence-corrected chi connectivity index (χ0v) is 16.5. The normalized spacial score (nSPS) is 18.8. The van der Waals surface area contributed by atoms with Crippen molar-refractivity contribution < 1.29 is 14.1 Å². The summed E-state index contributed by atoms with van der Waals surface area (Å²) in [5.74, 6) is 1.12. The molecule has 0 radical (unpaired) electrons. The molecule has 1 fully saturated rings. The topological polar surface area (TPSA) is 59.2 Å². The third-order valence-electron chi connectivity index (χ3n) is 6.16. The Kier molecular flexibility index (Phi) is 5.49. The zero-order chi connectivity index (χ0) is 18.8. The average molecular weight is 359 g/mol. The molecular formula is C21H32N3O2+. The van der Waals surface area contributed by atoms with Gasteiger partial charge in [-0.1, -0.05) is 54.8 Å². The fourth-order valence-corrected chi connectivity index (χ4v) is 3.77. The van der Waals surface area contributed by atoms with Crippen LogP contribution in [0, 0.1) is 5.92 Å². The molecule has 1 aliphatic rings. The number of nitrogens with zero attached hydrogens (tertiary/aromatic N) is 3. The van der Waals surface area contributed by atoms with E-state index in [-0.39, 0.29) is 5.92 Å². The monoisotopic (exact) mass is 358 g/mol. The Morgan fingerprint density at radius 3 is 2.42 bits per heavy atom. The van der Waals surface area contributed by atoms with Crippen LogP contribution in [0.15, 0.2) is 34.9 Å². The molecule has 1 aliphatic carbocycles. The van der Waals surface area contributed by atoms with E-state index in [1.165, 1.54) is 6.42 Å². The quantitative estimate of drug-likeness (QED) is 0.797. The Balaban J connectivity index is 1.96. The third-order valence-corrected chi connectivity index (χ3v) is 6.16. The Hall–Kier alpha value is -1.72. The molecule has 0 spiro atoms. The van der Waals surface area contributed by atoms with Crippen LogP contribution in [0.2, 0.25) is 0 Å². The maximum Gasteiger partial charge on any atom is 0.282 e. The lowest BCUT2D eigenvalue weighted by atomic mass is 9.73. The molecule has 0 amide bonds. The summed E-state index contributed by atoms with van der Waals surface area (Å²) in [6.45, 7) is 5.01. The molecule has 5 heteroatoms. The van der Waals surface area contributed by atoms with Crippen LogP contribution in [0.1, 0.15) is 63.2 Å². The first kappa shape index (κ1) is 19.1. The van der Waals surface area contributed by atoms with Gasteiger partial charge in [0.05, 0.1) is 20.1 Å². The highest BCUT2D eigenvalue weighted by atomic mass is 16.5. The van der Waals surface area contributed by atoms with Crippen molar-refractivity contribution in [2.45, 2.75) is 64.1 Å². The summed E-state index contributed by atoms with van der Waals surface area (Å²) in [6.07, 6.45) is 5.49. The van der Waals surface area contributed by atoms with E-state index < -0.39 is 5.60 Å². The van der Waals surface area contributed by atoms with Gasteiger partial charge in [-0.05, 0) is 38.2 Å². The highest BCUT2D eigenvalue weighted by Crippen LogP contribution is 2.42. The Bertz CT molecular complexity index is 705. The van der Waals surface area contributed by atoms with E-state index >= 15 is 0 Å². The van der Waals surface area contributed by atoms with E-state index in [9.17, 15) is 5.11 Å². The Morgan fingerprint density at radius 2 is 1.81 bits per heavy atom. The van der Waals surface area contributed by atoms with E-state index in [1.54, 1.807) is 0 Å². The van der Waals surface area contributed by atoms with Gasteiger partial charge in [0.1, 0.15) is 0 Å². The molecular weight excluding hydrogens is 326 g/mol. The van der Waals surface area contributed by atoms with Gasteiger partial charge in [-0.2, -0.15) is 4.98 Å². The van der Waals surface area contributed by atoms with Crippen molar-refractivity contribution >= 4 is 0 Å². The molecule has 1 N–H and O–H groups in total. The summed E-state index contributed by atoms with van der Waals surface area (Å²) in [7, 11) is 4.30. The van der Waals surface area contributed by atoms with Crippen molar-refractivity contribution in [2.75, 3.05) is 14.1 Å². The lowest BCUT2D eigenvalue weighted by Gasteiger charge is -2.36. The second-order valence-corrected chi connectivity index (χ2v) is 8.51. The number of aromatic nitrogens is 2. The number of quaternary nitrogens is 1. The molecule has 1 heterocycles. The Morgan fingerprint density at radius 1 is 1.15 bits per heavy atom. The van der Waals surface area contributed by atoms with Crippen LogP contribution in [0.25, 0.3) is 0 Å². The minimum absolute atomic E-state index is 0.122. The molecule has 2 aromatic rings. The van der Waals surface area contributed by atoms with Crippen molar-refractivity contribution in [1.29, 1.82) is 0 Å². The largest absolute Gasteiger partial charge is 0.377 e. The van der Waals surface area contributed by atoms with E-state index in [4.69, 9.17) is 4.52 Å². The van der Waals surface area contributed by atoms with Crippen LogP contribution in [-0.2, 0) is 12.1 Å². The highest BCUT2D eigenvalue weighted by molar-refractivity contribution is 5.30. The molecule has 0 aliphatic heterocycles. The summed E-state index contributed by atoms with van der Waals surface area (Å²) >= 11 is 0. The van der Waals surface area contributed by atoms with Gasteiger partial charge in [-0.3, -0.25) is 0 Å². The molecule has 1 unspecified atom stereocenters. The molecule has 1 aromatic carbocycles. The predicted molar refractivity (Wildman–Crippen MR) is 101 cm³/mol. The predicted octanol–water partition coefficient (Wildman–Crippen LogP) is 3.87. The summed E-state index contributed by atoms with van der Waals surface area (Å²) in [5, 5.41) is 16.0. The molecule has 26 heavy (non-hydrogen) atoms. The van der Waals surface area contributed by atoms with Crippen LogP contribution in [0.5, 0.6) is 0 Å². The standard InChI is InChI=1S/C21H32N3O2/c1-16(2)24(3,4)15-19-22-20(23-26-19)21(25,17-11-7-5-8-12-17)18-13-9-6-10-14-18/h5,7-8,11-12,16,18,25H,6,9-10,13-15H2,1-4H3/q+1. The van der Waals surface area contributed by atoms with E-state index in [2.05, 4.69) is 38.1 Å². The van der Waals surface area contributed by atoms with E-state index in [0.29, 0.717) is 24.3 Å². The SMILES string of the molecule is CC(C)[N+](C)(C)Cc1nc(C(O)(c2ccccc2)C2CCCCC2)no1. The minimum Gasteiger partial charge on any atom is -0.377 e. The van der Waals surface area contributed by atoms with Gasteiger partial charge in [0.15, 0.2) is 12.1 Å². The summed E-state index contributed by atoms with van der Waals surface area (Å²) in [4.78, 5) is 4.66. The molecule has 1 atom stereocenters. The van der Waals surface area contributed by atoms with Gasteiger partial charge in [-0.25, -0.2) is 0 Å². The van der Waals surface area contributed by atoms with Crippen LogP contribution >= 0.6 is 0 Å². The molecule has 0 bridgehead atoms. The first-order valence-electron chi connectivity index (χ1n) is 9.77. The van der Waals surface area contributed by atoms with Crippen molar-refractivity contribution in [2.24, 2.45) is 5.92 Å². The molecule has 1 saturated carbocycles. The zero-order valence-electron chi connectivity index (χ0n) is 16.5. The second-order valence-electron chi connectivity index (χ2n) is 8.51. The van der Waals surface area contributed by atoms with Crippen molar-refractivity contribution in [3.63, 3.8) is 0 Å². The average Bonchev–Trinajstić information content (AvgIpc) is 3.10. The smallest absolute Gasteiger partial charge is 0.282 e. The number of hydrogen-bond donors (Lipinski definition) is 1.